The molecule has 0 bridgehead atoms. The molecule has 1 rings (SSSR count). The Morgan fingerprint density at radius 3 is 2.62 bits per heavy atom. The van der Waals surface area contributed by atoms with Crippen molar-refractivity contribution in [2.75, 3.05) is 19.7 Å². The molecule has 0 saturated heterocycles. The SMILES string of the molecule is O=C(O)/C=C/c1cccc(C(=O)N(CCO)CC(F)F)c1. The van der Waals surface area contributed by atoms with Crippen molar-refractivity contribution >= 4 is 18.0 Å². The van der Waals surface area contributed by atoms with E-state index in [1.807, 2.05) is 0 Å². The van der Waals surface area contributed by atoms with Gasteiger partial charge in [-0.3, -0.25) is 4.79 Å². The van der Waals surface area contributed by atoms with Crippen LogP contribution in [0.4, 0.5) is 8.78 Å². The van der Waals surface area contributed by atoms with Crippen molar-refractivity contribution in [1.82, 2.24) is 4.90 Å². The van der Waals surface area contributed by atoms with Gasteiger partial charge in [0.2, 0.25) is 0 Å². The molecule has 0 fully saturated rings. The zero-order chi connectivity index (χ0) is 15.8. The van der Waals surface area contributed by atoms with Crippen LogP contribution in [0.5, 0.6) is 0 Å². The quantitative estimate of drug-likeness (QED) is 0.748. The second-order valence-corrected chi connectivity index (χ2v) is 4.16. The second kappa shape index (κ2) is 8.11. The van der Waals surface area contributed by atoms with E-state index in [-0.39, 0.29) is 12.1 Å². The van der Waals surface area contributed by atoms with Gasteiger partial charge in [-0.25, -0.2) is 13.6 Å². The molecule has 0 unspecified atom stereocenters. The van der Waals surface area contributed by atoms with Gasteiger partial charge in [0.25, 0.3) is 12.3 Å². The lowest BCUT2D eigenvalue weighted by Gasteiger charge is -2.21. The molecule has 0 aromatic heterocycles. The number of nitrogens with zero attached hydrogens (tertiary/aromatic N) is 1. The van der Waals surface area contributed by atoms with Gasteiger partial charge in [0, 0.05) is 18.2 Å². The van der Waals surface area contributed by atoms with Crippen LogP contribution in [0.15, 0.2) is 30.3 Å². The summed E-state index contributed by atoms with van der Waals surface area (Å²) in [4.78, 5) is 23.4. The number of benzene rings is 1. The largest absolute Gasteiger partial charge is 0.478 e. The molecule has 2 N–H and O–H groups in total. The maximum Gasteiger partial charge on any atom is 0.328 e. The third-order valence-corrected chi connectivity index (χ3v) is 2.57. The summed E-state index contributed by atoms with van der Waals surface area (Å²) in [7, 11) is 0. The van der Waals surface area contributed by atoms with Crippen LogP contribution in [-0.4, -0.2) is 53.1 Å². The van der Waals surface area contributed by atoms with Crippen molar-refractivity contribution < 1.29 is 28.6 Å². The number of carboxylic acid groups (broad SMARTS) is 1. The molecule has 5 nitrogen and oxygen atoms in total. The molecule has 21 heavy (non-hydrogen) atoms. The molecule has 0 atom stereocenters. The molecule has 0 heterocycles. The maximum atomic E-state index is 12.4. The van der Waals surface area contributed by atoms with E-state index < -0.39 is 31.5 Å². The minimum Gasteiger partial charge on any atom is -0.478 e. The lowest BCUT2D eigenvalue weighted by atomic mass is 10.1. The summed E-state index contributed by atoms with van der Waals surface area (Å²) < 4.78 is 24.8. The maximum absolute atomic E-state index is 12.4. The highest BCUT2D eigenvalue weighted by Gasteiger charge is 2.19. The van der Waals surface area contributed by atoms with Gasteiger partial charge in [-0.15, -0.1) is 0 Å². The van der Waals surface area contributed by atoms with Crippen LogP contribution in [0.1, 0.15) is 15.9 Å². The van der Waals surface area contributed by atoms with Gasteiger partial charge in [0.1, 0.15) is 0 Å². The first-order valence-corrected chi connectivity index (χ1v) is 6.13. The monoisotopic (exact) mass is 299 g/mol. The number of carboxylic acids is 1. The van der Waals surface area contributed by atoms with E-state index in [9.17, 15) is 18.4 Å². The summed E-state index contributed by atoms with van der Waals surface area (Å²) in [6, 6.07) is 5.95. The van der Waals surface area contributed by atoms with Crippen molar-refractivity contribution in [2.45, 2.75) is 6.43 Å². The molecule has 0 aliphatic rings. The van der Waals surface area contributed by atoms with E-state index in [0.29, 0.717) is 5.56 Å². The van der Waals surface area contributed by atoms with Crippen molar-refractivity contribution in [3.63, 3.8) is 0 Å². The first-order chi connectivity index (χ1) is 9.93. The molecule has 1 aromatic carbocycles. The van der Waals surface area contributed by atoms with Gasteiger partial charge in [0.15, 0.2) is 0 Å². The predicted octanol–water partition coefficient (Wildman–Crippen LogP) is 1.48. The number of alkyl halides is 2. The average molecular weight is 299 g/mol. The number of hydrogen-bond donors (Lipinski definition) is 2. The molecule has 0 aliphatic carbocycles. The normalized spacial score (nSPS) is 11.0. The molecule has 0 saturated carbocycles. The molecular weight excluding hydrogens is 284 g/mol. The molecule has 1 aromatic rings. The molecule has 0 aliphatic heterocycles. The van der Waals surface area contributed by atoms with Gasteiger partial charge in [-0.1, -0.05) is 12.1 Å². The van der Waals surface area contributed by atoms with E-state index in [0.717, 1.165) is 11.0 Å². The highest BCUT2D eigenvalue weighted by atomic mass is 19.3. The van der Waals surface area contributed by atoms with Gasteiger partial charge < -0.3 is 15.1 Å². The van der Waals surface area contributed by atoms with Crippen molar-refractivity contribution in [3.05, 3.63) is 41.5 Å². The number of aliphatic carboxylic acids is 1. The van der Waals surface area contributed by atoms with Crippen LogP contribution in [0, 0.1) is 0 Å². The minimum absolute atomic E-state index is 0.150. The Balaban J connectivity index is 2.94. The third-order valence-electron chi connectivity index (χ3n) is 2.57. The van der Waals surface area contributed by atoms with Crippen molar-refractivity contribution in [3.8, 4) is 0 Å². The highest BCUT2D eigenvalue weighted by molar-refractivity contribution is 5.95. The molecule has 0 spiro atoms. The first kappa shape index (κ1) is 16.8. The summed E-state index contributed by atoms with van der Waals surface area (Å²) in [5.41, 5.74) is 0.612. The van der Waals surface area contributed by atoms with Crippen molar-refractivity contribution in [2.24, 2.45) is 0 Å². The lowest BCUT2D eigenvalue weighted by molar-refractivity contribution is -0.131. The Bertz CT molecular complexity index is 531. The van der Waals surface area contributed by atoms with Crippen molar-refractivity contribution in [1.29, 1.82) is 0 Å². The van der Waals surface area contributed by atoms with Gasteiger partial charge in [-0.05, 0) is 23.8 Å². The van der Waals surface area contributed by atoms with Crippen LogP contribution in [0.2, 0.25) is 0 Å². The zero-order valence-electron chi connectivity index (χ0n) is 11.1. The Kier molecular flexibility index (Phi) is 6.48. The number of rotatable bonds is 7. The summed E-state index contributed by atoms with van der Waals surface area (Å²) in [5, 5.41) is 17.4. The van der Waals surface area contributed by atoms with Crippen LogP contribution < -0.4 is 0 Å². The minimum atomic E-state index is -2.70. The molecular formula is C14H15F2NO4. The highest BCUT2D eigenvalue weighted by Crippen LogP contribution is 2.11. The number of halogens is 2. The van der Waals surface area contributed by atoms with Gasteiger partial charge >= 0.3 is 5.97 Å². The fourth-order valence-corrected chi connectivity index (χ4v) is 1.69. The first-order valence-electron chi connectivity index (χ1n) is 6.13. The fraction of sp³-hybridized carbons (Fsp3) is 0.286. The summed E-state index contributed by atoms with van der Waals surface area (Å²) >= 11 is 0. The summed E-state index contributed by atoms with van der Waals surface area (Å²) in [6.45, 7) is -1.38. The average Bonchev–Trinajstić information content (AvgIpc) is 2.44. The Hall–Kier alpha value is -2.28. The van der Waals surface area contributed by atoms with E-state index in [1.165, 1.54) is 24.3 Å². The van der Waals surface area contributed by atoms with Gasteiger partial charge in [0.05, 0.1) is 13.2 Å². The van der Waals surface area contributed by atoms with Crippen LogP contribution >= 0.6 is 0 Å². The number of carbonyl (C=O) groups excluding carboxylic acids is 1. The van der Waals surface area contributed by atoms with E-state index in [4.69, 9.17) is 10.2 Å². The van der Waals surface area contributed by atoms with E-state index in [1.54, 1.807) is 6.07 Å². The Morgan fingerprint density at radius 1 is 1.33 bits per heavy atom. The molecule has 7 heteroatoms. The van der Waals surface area contributed by atoms with Crippen LogP contribution in [-0.2, 0) is 4.79 Å². The topological polar surface area (TPSA) is 77.8 Å². The van der Waals surface area contributed by atoms with Crippen LogP contribution in [0.25, 0.3) is 6.08 Å². The van der Waals surface area contributed by atoms with E-state index in [2.05, 4.69) is 0 Å². The lowest BCUT2D eigenvalue weighted by Crippen LogP contribution is -2.37. The number of carbonyl (C=O) groups is 2. The number of aliphatic hydroxyl groups excluding tert-OH is 1. The number of hydrogen-bond acceptors (Lipinski definition) is 3. The van der Waals surface area contributed by atoms with E-state index >= 15 is 0 Å². The van der Waals surface area contributed by atoms with Crippen LogP contribution in [0.3, 0.4) is 0 Å². The van der Waals surface area contributed by atoms with Gasteiger partial charge in [-0.2, -0.15) is 0 Å². The molecule has 0 radical (unpaired) electrons. The zero-order valence-corrected chi connectivity index (χ0v) is 11.1. The number of amides is 1. The Morgan fingerprint density at radius 2 is 2.05 bits per heavy atom. The summed E-state index contributed by atoms with van der Waals surface area (Å²) in [5.74, 6) is -1.78. The predicted molar refractivity (Wildman–Crippen MR) is 72.1 cm³/mol. The molecule has 1 amide bonds. The second-order valence-electron chi connectivity index (χ2n) is 4.16. The number of aliphatic hydroxyl groups is 1. The Labute approximate surface area is 120 Å². The third kappa shape index (κ3) is 5.70. The standard InChI is InChI=1S/C14H15F2NO4/c15-12(16)9-17(6-7-18)14(21)11-3-1-2-10(8-11)4-5-13(19)20/h1-5,8,12,18H,6-7,9H2,(H,19,20)/b5-4+. The molecule has 114 valence electrons. The summed E-state index contributed by atoms with van der Waals surface area (Å²) in [6.07, 6.45) is -0.493. The fourth-order valence-electron chi connectivity index (χ4n) is 1.69. The smallest absolute Gasteiger partial charge is 0.328 e.